The molecule has 0 saturated carbocycles. The molecule has 0 aliphatic heterocycles. The van der Waals surface area contributed by atoms with Crippen LogP contribution in [0.2, 0.25) is 0 Å². The van der Waals surface area contributed by atoms with Gasteiger partial charge >= 0.3 is 0 Å². The summed E-state index contributed by atoms with van der Waals surface area (Å²) in [4.78, 5) is 37.1. The van der Waals surface area contributed by atoms with Crippen molar-refractivity contribution in [2.75, 3.05) is 0 Å². The molecule has 8 rings (SSSR count). The van der Waals surface area contributed by atoms with Gasteiger partial charge in [-0.15, -0.1) is 0 Å². The van der Waals surface area contributed by atoms with Crippen LogP contribution < -0.4 is 0 Å². The Morgan fingerprint density at radius 2 is 0.976 bits per heavy atom. The number of nitrogens with zero attached hydrogens (tertiary/aromatic N) is 8. The van der Waals surface area contributed by atoms with Gasteiger partial charge in [0.05, 0.1) is 11.1 Å². The number of fused-ring (bicyclic) bond motifs is 5. The Kier molecular flexibility index (Phi) is 5.60. The van der Waals surface area contributed by atoms with Gasteiger partial charge in [0.1, 0.15) is 5.69 Å². The summed E-state index contributed by atoms with van der Waals surface area (Å²) in [6.07, 6.45) is 10.3. The van der Waals surface area contributed by atoms with E-state index in [1.165, 1.54) is 10.8 Å². The van der Waals surface area contributed by atoms with Crippen molar-refractivity contribution in [1.29, 1.82) is 0 Å². The first-order valence-electron chi connectivity index (χ1n) is 13.4. The third-order valence-corrected chi connectivity index (χ3v) is 7.22. The number of rotatable bonds is 4. The van der Waals surface area contributed by atoms with Crippen molar-refractivity contribution in [3.05, 3.63) is 122 Å². The maximum Gasteiger partial charge on any atom is 0.178 e. The predicted molar refractivity (Wildman–Crippen MR) is 163 cm³/mol. The lowest BCUT2D eigenvalue weighted by Crippen LogP contribution is -2.01. The lowest BCUT2D eigenvalue weighted by Gasteiger charge is -2.12. The van der Waals surface area contributed by atoms with Crippen LogP contribution in [-0.2, 0) is 0 Å². The van der Waals surface area contributed by atoms with Crippen LogP contribution in [0.4, 0.5) is 0 Å². The Morgan fingerprint density at radius 3 is 1.64 bits per heavy atom. The summed E-state index contributed by atoms with van der Waals surface area (Å²) in [7, 11) is 0. The van der Waals surface area contributed by atoms with Crippen molar-refractivity contribution in [2.45, 2.75) is 0 Å². The molecule has 0 amide bonds. The van der Waals surface area contributed by atoms with Crippen LogP contribution in [0.3, 0.4) is 0 Å². The molecule has 3 aromatic carbocycles. The molecular formula is C34H20N8. The molecule has 0 fully saturated rings. The van der Waals surface area contributed by atoms with Gasteiger partial charge in [-0.2, -0.15) is 0 Å². The summed E-state index contributed by atoms with van der Waals surface area (Å²) < 4.78 is 0. The predicted octanol–water partition coefficient (Wildman–Crippen LogP) is 6.97. The lowest BCUT2D eigenvalue weighted by atomic mass is 9.97. The molecular weight excluding hydrogens is 520 g/mol. The van der Waals surface area contributed by atoms with E-state index in [1.807, 2.05) is 42.5 Å². The van der Waals surface area contributed by atoms with Crippen molar-refractivity contribution in [3.63, 3.8) is 0 Å². The number of benzene rings is 3. The summed E-state index contributed by atoms with van der Waals surface area (Å²) in [6.45, 7) is 0. The number of para-hydroxylation sites is 1. The molecule has 0 atom stereocenters. The van der Waals surface area contributed by atoms with E-state index in [0.29, 0.717) is 28.9 Å². The normalized spacial score (nSPS) is 11.3. The Bertz CT molecular complexity index is 2160. The van der Waals surface area contributed by atoms with Crippen LogP contribution in [0.25, 0.3) is 78.1 Å². The monoisotopic (exact) mass is 540 g/mol. The zero-order valence-electron chi connectivity index (χ0n) is 22.1. The van der Waals surface area contributed by atoms with Gasteiger partial charge in [-0.25, -0.2) is 29.9 Å². The molecule has 0 unspecified atom stereocenters. The highest BCUT2D eigenvalue weighted by Crippen LogP contribution is 2.36. The van der Waals surface area contributed by atoms with Crippen LogP contribution in [0.5, 0.6) is 0 Å². The maximum absolute atomic E-state index is 5.01. The van der Waals surface area contributed by atoms with E-state index >= 15 is 0 Å². The Balaban J connectivity index is 1.28. The van der Waals surface area contributed by atoms with E-state index in [2.05, 4.69) is 52.4 Å². The molecule has 0 aliphatic rings. The van der Waals surface area contributed by atoms with Crippen LogP contribution in [-0.4, -0.2) is 39.9 Å². The zero-order chi connectivity index (χ0) is 27.9. The van der Waals surface area contributed by atoms with Crippen molar-refractivity contribution in [1.82, 2.24) is 39.9 Å². The van der Waals surface area contributed by atoms with Crippen molar-refractivity contribution in [2.24, 2.45) is 0 Å². The van der Waals surface area contributed by atoms with Crippen LogP contribution in [0.1, 0.15) is 0 Å². The first kappa shape index (κ1) is 23.8. The van der Waals surface area contributed by atoms with Gasteiger partial charge in [0.25, 0.3) is 0 Å². The molecule has 0 radical (unpaired) electrons. The maximum atomic E-state index is 5.01. The second-order valence-electron chi connectivity index (χ2n) is 9.76. The average Bonchev–Trinajstić information content (AvgIpc) is 3.08. The molecule has 5 heterocycles. The number of hydrogen-bond donors (Lipinski definition) is 0. The van der Waals surface area contributed by atoms with Crippen molar-refractivity contribution in [3.8, 4) is 45.7 Å². The second-order valence-corrected chi connectivity index (χ2v) is 9.76. The topological polar surface area (TPSA) is 103 Å². The summed E-state index contributed by atoms with van der Waals surface area (Å²) >= 11 is 0. The SMILES string of the molecule is c1ccc2c(c1)ccc1c(-c3ncc(-c4nc(-c5ccncc5)nc(-c5ccncc5)n4)cn3)nc3ccccc3c12. The third-order valence-electron chi connectivity index (χ3n) is 7.22. The number of hydrogen-bond acceptors (Lipinski definition) is 8. The van der Waals surface area contributed by atoms with E-state index in [4.69, 9.17) is 29.9 Å². The third kappa shape index (κ3) is 4.10. The largest absolute Gasteiger partial charge is 0.265 e. The fourth-order valence-corrected chi connectivity index (χ4v) is 5.22. The van der Waals surface area contributed by atoms with Gasteiger partial charge in [0, 0.05) is 64.5 Å². The molecule has 196 valence electrons. The molecule has 8 heteroatoms. The summed E-state index contributed by atoms with van der Waals surface area (Å²) in [5.41, 5.74) is 3.96. The second kappa shape index (κ2) is 9.87. The van der Waals surface area contributed by atoms with Crippen LogP contribution in [0.15, 0.2) is 122 Å². The quantitative estimate of drug-likeness (QED) is 0.220. The van der Waals surface area contributed by atoms with Gasteiger partial charge in [-0.3, -0.25) is 9.97 Å². The highest BCUT2D eigenvalue weighted by atomic mass is 15.0. The first-order chi connectivity index (χ1) is 20.8. The van der Waals surface area contributed by atoms with Crippen LogP contribution in [0, 0.1) is 0 Å². The first-order valence-corrected chi connectivity index (χ1v) is 13.4. The Hall–Kier alpha value is -6.02. The van der Waals surface area contributed by atoms with E-state index in [1.54, 1.807) is 37.2 Å². The van der Waals surface area contributed by atoms with E-state index < -0.39 is 0 Å². The Morgan fingerprint density at radius 1 is 0.405 bits per heavy atom. The van der Waals surface area contributed by atoms with Gasteiger partial charge < -0.3 is 0 Å². The molecule has 42 heavy (non-hydrogen) atoms. The minimum Gasteiger partial charge on any atom is -0.265 e. The zero-order valence-corrected chi connectivity index (χ0v) is 22.1. The van der Waals surface area contributed by atoms with Crippen molar-refractivity contribution < 1.29 is 0 Å². The molecule has 8 nitrogen and oxygen atoms in total. The smallest absolute Gasteiger partial charge is 0.178 e. The molecule has 0 aliphatic carbocycles. The van der Waals surface area contributed by atoms with Gasteiger partial charge in [0.2, 0.25) is 0 Å². The molecule has 5 aromatic heterocycles. The lowest BCUT2D eigenvalue weighted by molar-refractivity contribution is 1.06. The fraction of sp³-hybridized carbons (Fsp3) is 0. The van der Waals surface area contributed by atoms with Crippen molar-refractivity contribution >= 4 is 32.4 Å². The summed E-state index contributed by atoms with van der Waals surface area (Å²) in [5, 5.41) is 5.59. The molecule has 0 saturated heterocycles. The van der Waals surface area contributed by atoms with Gasteiger partial charge in [-0.05, 0) is 41.1 Å². The molecule has 0 spiro atoms. The van der Waals surface area contributed by atoms with Crippen LogP contribution >= 0.6 is 0 Å². The standard InChI is InChI=1S/C34H20N8/c1-2-6-25-21(5-1)9-10-27-29(25)26-7-3-4-8-28(26)39-30(27)34-37-19-24(20-38-34)33-41-31(22-11-15-35-16-12-22)40-32(42-33)23-13-17-36-18-14-23/h1-20H. The minimum atomic E-state index is 0.470. The number of pyridine rings is 3. The highest BCUT2D eigenvalue weighted by Gasteiger charge is 2.17. The fourth-order valence-electron chi connectivity index (χ4n) is 5.22. The molecule has 0 bridgehead atoms. The van der Waals surface area contributed by atoms with Gasteiger partial charge in [-0.1, -0.05) is 54.6 Å². The summed E-state index contributed by atoms with van der Waals surface area (Å²) in [5.74, 6) is 2.07. The average molecular weight is 541 g/mol. The highest BCUT2D eigenvalue weighted by molar-refractivity contribution is 6.22. The van der Waals surface area contributed by atoms with Gasteiger partial charge in [0.15, 0.2) is 23.3 Å². The number of aromatic nitrogens is 8. The van der Waals surface area contributed by atoms with E-state index in [-0.39, 0.29) is 0 Å². The molecule has 8 aromatic rings. The molecule has 0 N–H and O–H groups in total. The summed E-state index contributed by atoms with van der Waals surface area (Å²) in [6, 6.07) is 28.3. The van der Waals surface area contributed by atoms with E-state index in [9.17, 15) is 0 Å². The van der Waals surface area contributed by atoms with E-state index in [0.717, 1.165) is 38.5 Å². The Labute approximate surface area is 239 Å². The minimum absolute atomic E-state index is 0.470.